The van der Waals surface area contributed by atoms with Gasteiger partial charge in [-0.15, -0.1) is 0 Å². The Hall–Kier alpha value is -2.02. The van der Waals surface area contributed by atoms with Gasteiger partial charge in [-0.1, -0.05) is 23.7 Å². The molecule has 4 heterocycles. The normalized spacial score (nSPS) is 28.9. The number of aromatic nitrogens is 4. The number of carbonyl (C=O) groups is 1. The number of imidazole rings is 1. The summed E-state index contributed by atoms with van der Waals surface area (Å²) in [5.74, 6) is 0.00663. The van der Waals surface area contributed by atoms with E-state index in [1.165, 1.54) is 19.6 Å². The topological polar surface area (TPSA) is 130 Å². The molecule has 1 amide bonds. The lowest BCUT2D eigenvalue weighted by molar-refractivity contribution is -0.114. The quantitative estimate of drug-likeness (QED) is 0.449. The highest BCUT2D eigenvalue weighted by atomic mass is 35.5. The van der Waals surface area contributed by atoms with Crippen LogP contribution >= 0.6 is 18.3 Å². The summed E-state index contributed by atoms with van der Waals surface area (Å²) in [5.41, 5.74) is 1.73. The summed E-state index contributed by atoms with van der Waals surface area (Å²) in [4.78, 5) is 24.0. The Morgan fingerprint density at radius 1 is 1.40 bits per heavy atom. The standard InChI is InChI=1S/C21H23ClN5O6PS/c1-12(28)26-19-18-20(24-10-23-19)27(11-25-18)21-16(29)8-15(32-21)9-31-34(35)30-6-5-17(33-34)13-3-2-4-14(22)7-13/h2-4,7,10-11,15-17,21,29H,5-6,8-9H2,1H3,(H,23,24,26,28)/t15-,16?,17?,21+,34?/m0/s1. The van der Waals surface area contributed by atoms with Crippen molar-refractivity contribution in [2.24, 2.45) is 0 Å². The van der Waals surface area contributed by atoms with Gasteiger partial charge in [0.25, 0.3) is 0 Å². The van der Waals surface area contributed by atoms with Crippen molar-refractivity contribution in [1.29, 1.82) is 0 Å². The molecule has 2 N–H and O–H groups in total. The maximum Gasteiger partial charge on any atom is 0.327 e. The van der Waals surface area contributed by atoms with Crippen molar-refractivity contribution in [3.8, 4) is 0 Å². The van der Waals surface area contributed by atoms with E-state index in [4.69, 9.17) is 41.7 Å². The number of halogens is 1. The number of ether oxygens (including phenoxy) is 1. The Balaban J connectivity index is 1.25. The summed E-state index contributed by atoms with van der Waals surface area (Å²) in [5, 5.41) is 13.9. The number of amides is 1. The first-order valence-electron chi connectivity index (χ1n) is 10.9. The largest absolute Gasteiger partial charge is 0.388 e. The molecular formula is C21H23ClN5O6PS. The van der Waals surface area contributed by atoms with Gasteiger partial charge in [0.05, 0.1) is 31.7 Å². The number of carbonyl (C=O) groups excluding carboxylic acids is 1. The monoisotopic (exact) mass is 539 g/mol. The summed E-state index contributed by atoms with van der Waals surface area (Å²) in [6, 6.07) is 7.43. The van der Waals surface area contributed by atoms with Crippen LogP contribution in [-0.2, 0) is 34.9 Å². The predicted octanol–water partition coefficient (Wildman–Crippen LogP) is 3.51. The predicted molar refractivity (Wildman–Crippen MR) is 130 cm³/mol. The summed E-state index contributed by atoms with van der Waals surface area (Å²) in [6.45, 7) is -1.14. The van der Waals surface area contributed by atoms with E-state index < -0.39 is 25.2 Å². The molecule has 0 saturated carbocycles. The summed E-state index contributed by atoms with van der Waals surface area (Å²) < 4.78 is 25.3. The lowest BCUT2D eigenvalue weighted by Gasteiger charge is -2.32. The molecule has 1 aromatic carbocycles. The number of aliphatic hydroxyl groups is 1. The number of rotatable bonds is 6. The molecule has 186 valence electrons. The van der Waals surface area contributed by atoms with Crippen molar-refractivity contribution >= 4 is 53.0 Å². The molecule has 5 rings (SSSR count). The third-order valence-corrected chi connectivity index (χ3v) is 8.22. The number of nitrogens with zero attached hydrogens (tertiary/aromatic N) is 4. The maximum atomic E-state index is 11.4. The van der Waals surface area contributed by atoms with Crippen LogP contribution in [0.25, 0.3) is 11.2 Å². The molecule has 2 saturated heterocycles. The fourth-order valence-corrected chi connectivity index (χ4v) is 6.40. The second kappa shape index (κ2) is 10.2. The van der Waals surface area contributed by atoms with Gasteiger partial charge in [-0.25, -0.2) is 15.0 Å². The molecule has 0 radical (unpaired) electrons. The summed E-state index contributed by atoms with van der Waals surface area (Å²) >= 11 is 11.7. The molecule has 0 bridgehead atoms. The van der Waals surface area contributed by atoms with Gasteiger partial charge in [-0.05, 0) is 29.5 Å². The van der Waals surface area contributed by atoms with Crippen LogP contribution < -0.4 is 5.32 Å². The molecule has 2 aliphatic heterocycles. The van der Waals surface area contributed by atoms with Crippen molar-refractivity contribution < 1.29 is 28.2 Å². The van der Waals surface area contributed by atoms with Gasteiger partial charge in [-0.2, -0.15) is 0 Å². The number of hydrogen-bond acceptors (Lipinski definition) is 10. The van der Waals surface area contributed by atoms with E-state index >= 15 is 0 Å². The minimum absolute atomic E-state index is 0.0891. The SMILES string of the molecule is CC(=O)Nc1ncnc2c1ncn2[C@@H]1O[C@H](COP2(=S)OCCC(c3cccc(Cl)c3)O2)CC1O. The van der Waals surface area contributed by atoms with Crippen LogP contribution in [0.3, 0.4) is 0 Å². The molecule has 2 aromatic heterocycles. The van der Waals surface area contributed by atoms with Crippen LogP contribution in [0.1, 0.15) is 37.7 Å². The molecule has 2 aliphatic rings. The highest BCUT2D eigenvalue weighted by Gasteiger charge is 2.39. The number of nitrogens with one attached hydrogen (secondary N) is 1. The lowest BCUT2D eigenvalue weighted by atomic mass is 10.1. The first-order chi connectivity index (χ1) is 16.8. The zero-order chi connectivity index (χ0) is 24.6. The average Bonchev–Trinajstić information content (AvgIpc) is 3.41. The van der Waals surface area contributed by atoms with Crippen molar-refractivity contribution in [3.63, 3.8) is 0 Å². The molecule has 3 unspecified atom stereocenters. The van der Waals surface area contributed by atoms with Gasteiger partial charge in [0.1, 0.15) is 12.4 Å². The van der Waals surface area contributed by atoms with Crippen molar-refractivity contribution in [2.75, 3.05) is 18.5 Å². The van der Waals surface area contributed by atoms with E-state index in [-0.39, 0.29) is 24.4 Å². The first kappa shape index (κ1) is 24.7. The summed E-state index contributed by atoms with van der Waals surface area (Å²) in [6.07, 6.45) is 1.43. The smallest absolute Gasteiger partial charge is 0.327 e. The van der Waals surface area contributed by atoms with Crippen molar-refractivity contribution in [3.05, 3.63) is 47.5 Å². The van der Waals surface area contributed by atoms with Crippen molar-refractivity contribution in [2.45, 2.75) is 44.3 Å². The number of benzene rings is 1. The second-order valence-corrected chi connectivity index (χ2v) is 11.6. The van der Waals surface area contributed by atoms with E-state index in [1.807, 2.05) is 18.2 Å². The van der Waals surface area contributed by atoms with E-state index in [1.54, 1.807) is 10.6 Å². The molecule has 3 aromatic rings. The molecule has 0 aliphatic carbocycles. The lowest BCUT2D eigenvalue weighted by Crippen LogP contribution is -2.20. The summed E-state index contributed by atoms with van der Waals surface area (Å²) in [7, 11) is 0. The van der Waals surface area contributed by atoms with Gasteiger partial charge in [-0.3, -0.25) is 9.36 Å². The second-order valence-electron chi connectivity index (χ2n) is 8.19. The molecule has 5 atom stereocenters. The highest BCUT2D eigenvalue weighted by molar-refractivity contribution is 8.07. The van der Waals surface area contributed by atoms with Gasteiger partial charge in [0.15, 0.2) is 23.2 Å². The number of anilines is 1. The van der Waals surface area contributed by atoms with Gasteiger partial charge < -0.3 is 28.7 Å². The van der Waals surface area contributed by atoms with Gasteiger partial charge in [0, 0.05) is 24.8 Å². The minimum Gasteiger partial charge on any atom is -0.388 e. The molecule has 0 spiro atoms. The Morgan fingerprint density at radius 3 is 3.06 bits per heavy atom. The third-order valence-electron chi connectivity index (χ3n) is 5.62. The van der Waals surface area contributed by atoms with Crippen LogP contribution in [0.4, 0.5) is 5.82 Å². The van der Waals surface area contributed by atoms with Crippen LogP contribution in [-0.4, -0.2) is 56.0 Å². The zero-order valence-corrected chi connectivity index (χ0v) is 21.1. The number of hydrogen-bond donors (Lipinski definition) is 2. The van der Waals surface area contributed by atoms with Crippen LogP contribution in [0.5, 0.6) is 0 Å². The number of fused-ring (bicyclic) bond motifs is 1. The zero-order valence-electron chi connectivity index (χ0n) is 18.6. The maximum absolute atomic E-state index is 11.4. The van der Waals surface area contributed by atoms with E-state index in [0.717, 1.165) is 5.56 Å². The van der Waals surface area contributed by atoms with Gasteiger partial charge >= 0.3 is 6.72 Å². The van der Waals surface area contributed by atoms with Crippen LogP contribution in [0.2, 0.25) is 5.02 Å². The third kappa shape index (κ3) is 5.40. The molecule has 35 heavy (non-hydrogen) atoms. The molecular weight excluding hydrogens is 517 g/mol. The number of aliphatic hydroxyl groups excluding tert-OH is 1. The Labute approximate surface area is 211 Å². The molecule has 2 fully saturated rings. The molecule has 14 heteroatoms. The highest BCUT2D eigenvalue weighted by Crippen LogP contribution is 2.57. The Kier molecular flexibility index (Phi) is 7.16. The van der Waals surface area contributed by atoms with Gasteiger partial charge in [0.2, 0.25) is 5.91 Å². The minimum atomic E-state index is -3.01. The van der Waals surface area contributed by atoms with E-state index in [9.17, 15) is 9.90 Å². The fraction of sp³-hybridized carbons (Fsp3) is 0.429. The molecule has 11 nitrogen and oxygen atoms in total. The van der Waals surface area contributed by atoms with E-state index in [0.29, 0.717) is 35.6 Å². The van der Waals surface area contributed by atoms with E-state index in [2.05, 4.69) is 20.3 Å². The Bertz CT molecular complexity index is 1290. The van der Waals surface area contributed by atoms with Crippen LogP contribution in [0.15, 0.2) is 36.9 Å². The van der Waals surface area contributed by atoms with Crippen molar-refractivity contribution in [1.82, 2.24) is 19.5 Å². The Morgan fingerprint density at radius 2 is 2.26 bits per heavy atom. The van der Waals surface area contributed by atoms with Crippen LogP contribution in [0, 0.1) is 0 Å². The average molecular weight is 540 g/mol. The fourth-order valence-electron chi connectivity index (χ4n) is 4.07. The first-order valence-corrected chi connectivity index (χ1v) is 13.9.